The van der Waals surface area contributed by atoms with Crippen LogP contribution in [0.15, 0.2) is 24.3 Å². The predicted octanol–water partition coefficient (Wildman–Crippen LogP) is 1.95. The van der Waals surface area contributed by atoms with E-state index >= 15 is 0 Å². The number of hydrogen-bond donors (Lipinski definition) is 2. The second-order valence-electron chi connectivity index (χ2n) is 5.71. The molecular weight excluding hydrogens is 266 g/mol. The van der Waals surface area contributed by atoms with Crippen LogP contribution in [-0.2, 0) is 9.53 Å². The molecule has 0 spiro atoms. The molecule has 0 bridgehead atoms. The number of likely N-dealkylation sites (tertiary alicyclic amines) is 1. The van der Waals surface area contributed by atoms with Crippen molar-refractivity contribution in [3.8, 4) is 0 Å². The molecule has 0 saturated carbocycles. The van der Waals surface area contributed by atoms with E-state index < -0.39 is 0 Å². The Morgan fingerprint density at radius 2 is 2.29 bits per heavy atom. The fraction of sp³-hybridized carbons (Fsp3) is 0.562. The Morgan fingerprint density at radius 1 is 1.52 bits per heavy atom. The molecule has 3 N–H and O–H groups in total. The number of hydrogen-bond acceptors (Lipinski definition) is 4. The van der Waals surface area contributed by atoms with Gasteiger partial charge in [-0.25, -0.2) is 0 Å². The summed E-state index contributed by atoms with van der Waals surface area (Å²) in [5, 5.41) is 2.92. The highest BCUT2D eigenvalue weighted by molar-refractivity contribution is 5.97. The van der Waals surface area contributed by atoms with Gasteiger partial charge in [0.15, 0.2) is 0 Å². The number of anilines is 2. The summed E-state index contributed by atoms with van der Waals surface area (Å²) in [5.74, 6) is 0.506. The van der Waals surface area contributed by atoms with Gasteiger partial charge in [-0.2, -0.15) is 0 Å². The number of nitrogens with zero attached hydrogens (tertiary/aromatic N) is 1. The van der Waals surface area contributed by atoms with Gasteiger partial charge in [0.25, 0.3) is 0 Å². The summed E-state index contributed by atoms with van der Waals surface area (Å²) < 4.78 is 5.24. The zero-order chi connectivity index (χ0) is 15.2. The smallest absolute Gasteiger partial charge is 0.241 e. The van der Waals surface area contributed by atoms with Crippen LogP contribution in [0, 0.1) is 5.92 Å². The summed E-state index contributed by atoms with van der Waals surface area (Å²) in [5.41, 5.74) is 7.14. The number of nitrogen functional groups attached to an aromatic ring is 1. The van der Waals surface area contributed by atoms with Crippen LogP contribution >= 0.6 is 0 Å². The number of nitrogens with one attached hydrogen (secondary N) is 1. The monoisotopic (exact) mass is 291 g/mol. The highest BCUT2D eigenvalue weighted by Crippen LogP contribution is 2.21. The van der Waals surface area contributed by atoms with Gasteiger partial charge in [-0.15, -0.1) is 0 Å². The van der Waals surface area contributed by atoms with Gasteiger partial charge in [-0.1, -0.05) is 12.1 Å². The third-order valence-corrected chi connectivity index (χ3v) is 4.10. The van der Waals surface area contributed by atoms with E-state index in [0.29, 0.717) is 17.3 Å². The first-order valence-electron chi connectivity index (χ1n) is 7.50. The van der Waals surface area contributed by atoms with Crippen LogP contribution in [0.5, 0.6) is 0 Å². The molecule has 5 heteroatoms. The minimum Gasteiger partial charge on any atom is -0.397 e. The van der Waals surface area contributed by atoms with E-state index in [9.17, 15) is 4.79 Å². The molecule has 0 aliphatic carbocycles. The third kappa shape index (κ3) is 4.19. The molecule has 21 heavy (non-hydrogen) atoms. The van der Waals surface area contributed by atoms with Crippen LogP contribution in [0.4, 0.5) is 11.4 Å². The van der Waals surface area contributed by atoms with Gasteiger partial charge in [-0.3, -0.25) is 9.69 Å². The Hall–Kier alpha value is -1.59. The first-order valence-corrected chi connectivity index (χ1v) is 7.50. The molecule has 1 amide bonds. The molecule has 2 unspecified atom stereocenters. The number of benzene rings is 1. The Morgan fingerprint density at radius 3 is 3.00 bits per heavy atom. The summed E-state index contributed by atoms with van der Waals surface area (Å²) in [4.78, 5) is 14.6. The Labute approximate surface area is 126 Å². The van der Waals surface area contributed by atoms with Gasteiger partial charge >= 0.3 is 0 Å². The second-order valence-corrected chi connectivity index (χ2v) is 5.71. The van der Waals surface area contributed by atoms with Crippen molar-refractivity contribution in [3.63, 3.8) is 0 Å². The van der Waals surface area contributed by atoms with Crippen molar-refractivity contribution in [3.05, 3.63) is 24.3 Å². The average Bonchev–Trinajstić information content (AvgIpc) is 2.49. The highest BCUT2D eigenvalue weighted by Gasteiger charge is 2.27. The van der Waals surface area contributed by atoms with Crippen molar-refractivity contribution >= 4 is 17.3 Å². The Bertz CT molecular complexity index is 476. The minimum atomic E-state index is -0.163. The molecule has 1 aliphatic rings. The van der Waals surface area contributed by atoms with Crippen molar-refractivity contribution in [2.24, 2.45) is 5.92 Å². The van der Waals surface area contributed by atoms with Crippen LogP contribution in [0.1, 0.15) is 19.8 Å². The number of piperidine rings is 1. The van der Waals surface area contributed by atoms with E-state index in [1.165, 1.54) is 6.42 Å². The van der Waals surface area contributed by atoms with Gasteiger partial charge in [0, 0.05) is 13.7 Å². The maximum absolute atomic E-state index is 12.4. The standard InChI is InChI=1S/C16H25N3O2/c1-12(19-9-5-6-13(10-19)11-21-2)16(20)18-15-8-4-3-7-14(15)17/h3-4,7-8,12-13H,5-6,9-11,17H2,1-2H3,(H,18,20). The Balaban J connectivity index is 1.94. The molecule has 0 aromatic heterocycles. The van der Waals surface area contributed by atoms with Gasteiger partial charge in [-0.05, 0) is 44.4 Å². The average molecular weight is 291 g/mol. The third-order valence-electron chi connectivity index (χ3n) is 4.10. The quantitative estimate of drug-likeness (QED) is 0.814. The van der Waals surface area contributed by atoms with Crippen molar-refractivity contribution in [2.45, 2.75) is 25.8 Å². The lowest BCUT2D eigenvalue weighted by Crippen LogP contribution is -2.47. The number of ether oxygens (including phenoxy) is 1. The van der Waals surface area contributed by atoms with E-state index in [4.69, 9.17) is 10.5 Å². The lowest BCUT2D eigenvalue weighted by Gasteiger charge is -2.35. The number of rotatable bonds is 5. The molecule has 5 nitrogen and oxygen atoms in total. The fourth-order valence-electron chi connectivity index (χ4n) is 2.83. The van der Waals surface area contributed by atoms with Crippen LogP contribution in [0.25, 0.3) is 0 Å². The summed E-state index contributed by atoms with van der Waals surface area (Å²) in [7, 11) is 1.73. The molecule has 1 fully saturated rings. The lowest BCUT2D eigenvalue weighted by atomic mass is 9.97. The maximum Gasteiger partial charge on any atom is 0.241 e. The van der Waals surface area contributed by atoms with Gasteiger partial charge < -0.3 is 15.8 Å². The van der Waals surface area contributed by atoms with Crippen molar-refractivity contribution < 1.29 is 9.53 Å². The Kier molecular flexibility index (Phi) is 5.59. The SMILES string of the molecule is COCC1CCCN(C(C)C(=O)Nc2ccccc2N)C1. The largest absolute Gasteiger partial charge is 0.397 e. The van der Waals surface area contributed by atoms with Crippen LogP contribution < -0.4 is 11.1 Å². The number of para-hydroxylation sites is 2. The molecule has 2 rings (SSSR count). The number of methoxy groups -OCH3 is 1. The first kappa shape index (κ1) is 15.8. The molecule has 1 aromatic carbocycles. The zero-order valence-corrected chi connectivity index (χ0v) is 12.8. The number of amides is 1. The highest BCUT2D eigenvalue weighted by atomic mass is 16.5. The van der Waals surface area contributed by atoms with E-state index in [2.05, 4.69) is 10.2 Å². The molecular formula is C16H25N3O2. The number of carbonyl (C=O) groups excluding carboxylic acids is 1. The molecule has 2 atom stereocenters. The second kappa shape index (κ2) is 7.43. The van der Waals surface area contributed by atoms with E-state index in [0.717, 1.165) is 26.1 Å². The summed E-state index contributed by atoms with van der Waals surface area (Å²) in [6.07, 6.45) is 2.28. The summed E-state index contributed by atoms with van der Waals surface area (Å²) in [6.45, 7) is 4.58. The van der Waals surface area contributed by atoms with E-state index in [1.807, 2.05) is 25.1 Å². The van der Waals surface area contributed by atoms with Crippen molar-refractivity contribution in [2.75, 3.05) is 37.9 Å². The lowest BCUT2D eigenvalue weighted by molar-refractivity contribution is -0.121. The molecule has 0 radical (unpaired) electrons. The fourth-order valence-corrected chi connectivity index (χ4v) is 2.83. The van der Waals surface area contributed by atoms with Crippen molar-refractivity contribution in [1.82, 2.24) is 4.90 Å². The molecule has 1 aliphatic heterocycles. The predicted molar refractivity (Wildman–Crippen MR) is 85.1 cm³/mol. The van der Waals surface area contributed by atoms with Gasteiger partial charge in [0.1, 0.15) is 0 Å². The van der Waals surface area contributed by atoms with E-state index in [-0.39, 0.29) is 11.9 Å². The zero-order valence-electron chi connectivity index (χ0n) is 12.8. The molecule has 116 valence electrons. The maximum atomic E-state index is 12.4. The van der Waals surface area contributed by atoms with E-state index in [1.54, 1.807) is 13.2 Å². The van der Waals surface area contributed by atoms with Crippen LogP contribution in [-0.4, -0.2) is 43.7 Å². The molecule has 1 heterocycles. The van der Waals surface area contributed by atoms with Gasteiger partial charge in [0.2, 0.25) is 5.91 Å². The normalized spacial score (nSPS) is 21.0. The minimum absolute atomic E-state index is 0.00836. The van der Waals surface area contributed by atoms with Crippen LogP contribution in [0.3, 0.4) is 0 Å². The molecule has 1 saturated heterocycles. The van der Waals surface area contributed by atoms with Crippen molar-refractivity contribution in [1.29, 1.82) is 0 Å². The summed E-state index contributed by atoms with van der Waals surface area (Å²) in [6, 6.07) is 7.17. The first-order chi connectivity index (χ1) is 10.1. The van der Waals surface area contributed by atoms with Gasteiger partial charge in [0.05, 0.1) is 24.0 Å². The topological polar surface area (TPSA) is 67.6 Å². The van der Waals surface area contributed by atoms with Crippen LogP contribution in [0.2, 0.25) is 0 Å². The number of nitrogens with two attached hydrogens (primary N) is 1. The molecule has 1 aromatic rings. The summed E-state index contributed by atoms with van der Waals surface area (Å²) >= 11 is 0. The number of carbonyl (C=O) groups is 1.